The average molecular weight is 616 g/mol. The van der Waals surface area contributed by atoms with Crippen molar-refractivity contribution < 1.29 is 32.7 Å². The molecule has 3 atom stereocenters. The Kier molecular flexibility index (Phi) is 7.48. The number of rotatable bonds is 8. The first kappa shape index (κ1) is 28.2. The molecule has 3 heterocycles. The van der Waals surface area contributed by atoms with Crippen LogP contribution in [0, 0.1) is 18.8 Å². The lowest BCUT2D eigenvalue weighted by molar-refractivity contribution is -0.137. The number of carbonyl (C=O) groups excluding carboxylic acids is 2. The van der Waals surface area contributed by atoms with Crippen LogP contribution in [-0.4, -0.2) is 52.0 Å². The number of hydrogen-bond donors (Lipinski definition) is 4. The number of piperidine rings is 1. The number of H-pyrrole nitrogens is 1. The lowest BCUT2D eigenvalue weighted by atomic mass is 10.1. The van der Waals surface area contributed by atoms with Crippen LogP contribution in [0.25, 0.3) is 0 Å². The number of halogens is 5. The van der Waals surface area contributed by atoms with Crippen molar-refractivity contribution in [2.24, 2.45) is 11.8 Å². The molecule has 1 saturated heterocycles. The van der Waals surface area contributed by atoms with Gasteiger partial charge in [0.1, 0.15) is 10.6 Å². The van der Waals surface area contributed by atoms with E-state index in [0.29, 0.717) is 34.5 Å². The van der Waals surface area contributed by atoms with E-state index in [0.717, 1.165) is 23.5 Å². The van der Waals surface area contributed by atoms with Crippen LogP contribution in [0.2, 0.25) is 10.0 Å². The van der Waals surface area contributed by atoms with Crippen molar-refractivity contribution in [3.05, 3.63) is 67.4 Å². The minimum atomic E-state index is -4.45. The van der Waals surface area contributed by atoms with E-state index in [1.807, 2.05) is 4.90 Å². The third-order valence-corrected chi connectivity index (χ3v) is 9.12. The van der Waals surface area contributed by atoms with E-state index in [9.17, 15) is 32.7 Å². The summed E-state index contributed by atoms with van der Waals surface area (Å²) in [5.41, 5.74) is 0.589. The van der Waals surface area contributed by atoms with Gasteiger partial charge in [-0.25, -0.2) is 9.78 Å². The standard InChI is InChI=1S/C25H22Cl2F3N5O4S/c1-10-17(26)18(27)20(32-10)22(37)34-19-13-8-35(9-14(13)19)24-33-15(21(40-24)23(38)39)6-16(36)31-7-11-2-4-12(5-3-11)25(28,29)30/h2-5,13-14,19,32H,6-9H2,1H3,(H,31,36)(H,34,37)(H,38,39)/t13-,14+,19+. The van der Waals surface area contributed by atoms with Crippen molar-refractivity contribution in [3.63, 3.8) is 0 Å². The van der Waals surface area contributed by atoms with Crippen LogP contribution in [0.5, 0.6) is 0 Å². The van der Waals surface area contributed by atoms with E-state index in [4.69, 9.17) is 23.2 Å². The molecule has 2 aliphatic rings. The van der Waals surface area contributed by atoms with Crippen LogP contribution in [0.4, 0.5) is 18.3 Å². The number of amides is 2. The van der Waals surface area contributed by atoms with Gasteiger partial charge in [-0.2, -0.15) is 13.2 Å². The number of nitrogens with one attached hydrogen (secondary N) is 3. The van der Waals surface area contributed by atoms with E-state index in [-0.39, 0.29) is 58.0 Å². The van der Waals surface area contributed by atoms with Crippen molar-refractivity contribution >= 4 is 57.5 Å². The lowest BCUT2D eigenvalue weighted by Crippen LogP contribution is -2.35. The van der Waals surface area contributed by atoms with Gasteiger partial charge in [-0.3, -0.25) is 9.59 Å². The number of benzene rings is 1. The molecule has 3 aromatic rings. The van der Waals surface area contributed by atoms with Crippen LogP contribution < -0.4 is 15.5 Å². The number of aromatic amines is 1. The second-order valence-corrected chi connectivity index (χ2v) is 11.4. The number of alkyl halides is 3. The average Bonchev–Trinajstić information content (AvgIpc) is 3.25. The van der Waals surface area contributed by atoms with Crippen LogP contribution in [0.15, 0.2) is 24.3 Å². The lowest BCUT2D eigenvalue weighted by Gasteiger charge is -2.19. The predicted molar refractivity (Wildman–Crippen MR) is 142 cm³/mol. The van der Waals surface area contributed by atoms with Crippen LogP contribution in [0.1, 0.15) is 42.7 Å². The summed E-state index contributed by atoms with van der Waals surface area (Å²) in [5, 5.41) is 16.1. The molecule has 0 bridgehead atoms. The molecule has 15 heteroatoms. The first-order valence-corrected chi connectivity index (χ1v) is 13.7. The number of carboxylic acid groups (broad SMARTS) is 1. The van der Waals surface area contributed by atoms with Crippen LogP contribution >= 0.6 is 34.5 Å². The highest BCUT2D eigenvalue weighted by molar-refractivity contribution is 7.17. The van der Waals surface area contributed by atoms with E-state index in [1.165, 1.54) is 12.1 Å². The zero-order valence-corrected chi connectivity index (χ0v) is 23.1. The van der Waals surface area contributed by atoms with Gasteiger partial charge in [-0.1, -0.05) is 46.7 Å². The largest absolute Gasteiger partial charge is 0.477 e. The molecule has 0 unspecified atom stereocenters. The van der Waals surface area contributed by atoms with Crippen molar-refractivity contribution in [2.45, 2.75) is 32.1 Å². The third-order valence-electron chi connectivity index (χ3n) is 7.02. The molecule has 5 rings (SSSR count). The Hall–Kier alpha value is -3.29. The maximum absolute atomic E-state index is 12.7. The summed E-state index contributed by atoms with van der Waals surface area (Å²) in [6.45, 7) is 2.81. The highest BCUT2D eigenvalue weighted by atomic mass is 35.5. The number of fused-ring (bicyclic) bond motifs is 1. The topological polar surface area (TPSA) is 127 Å². The number of aromatic carboxylic acids is 1. The van der Waals surface area contributed by atoms with Gasteiger partial charge in [0.15, 0.2) is 5.13 Å². The molecular weight excluding hydrogens is 594 g/mol. The van der Waals surface area contributed by atoms with E-state index < -0.39 is 23.6 Å². The fraction of sp³-hybridized carbons (Fsp3) is 0.360. The summed E-state index contributed by atoms with van der Waals surface area (Å²) in [5.74, 6) is -1.76. The minimum absolute atomic E-state index is 0.0154. The van der Waals surface area contributed by atoms with Crippen molar-refractivity contribution in [2.75, 3.05) is 18.0 Å². The molecule has 4 N–H and O–H groups in total. The first-order chi connectivity index (χ1) is 18.8. The Labute approximate surface area is 239 Å². The summed E-state index contributed by atoms with van der Waals surface area (Å²) in [4.78, 5) is 46.1. The number of hydrogen-bond acceptors (Lipinski definition) is 6. The number of carboxylic acids is 1. The Morgan fingerprint density at radius 1 is 1.15 bits per heavy atom. The van der Waals surface area contributed by atoms with Gasteiger partial charge in [0.25, 0.3) is 5.91 Å². The molecule has 1 saturated carbocycles. The summed E-state index contributed by atoms with van der Waals surface area (Å²) in [7, 11) is 0. The van der Waals surface area contributed by atoms with Gasteiger partial charge in [0.05, 0.1) is 27.7 Å². The maximum Gasteiger partial charge on any atom is 0.416 e. The Morgan fingerprint density at radius 3 is 2.35 bits per heavy atom. The number of aromatic nitrogens is 2. The molecule has 212 valence electrons. The summed E-state index contributed by atoms with van der Waals surface area (Å²) in [6.07, 6.45) is -4.75. The van der Waals surface area contributed by atoms with Crippen molar-refractivity contribution in [1.82, 2.24) is 20.6 Å². The molecule has 0 spiro atoms. The van der Waals surface area contributed by atoms with Crippen LogP contribution in [-0.2, 0) is 23.9 Å². The molecule has 1 aromatic carbocycles. The molecule has 2 fully saturated rings. The molecule has 1 aliphatic heterocycles. The first-order valence-electron chi connectivity index (χ1n) is 12.1. The number of carbonyl (C=O) groups is 3. The molecular formula is C25H22Cl2F3N5O4S. The molecule has 2 amide bonds. The minimum Gasteiger partial charge on any atom is -0.477 e. The zero-order valence-electron chi connectivity index (χ0n) is 20.7. The van der Waals surface area contributed by atoms with Gasteiger partial charge in [-0.15, -0.1) is 0 Å². The monoisotopic (exact) mass is 615 g/mol. The highest BCUT2D eigenvalue weighted by Crippen LogP contribution is 2.48. The molecule has 0 radical (unpaired) electrons. The number of anilines is 1. The predicted octanol–water partition coefficient (Wildman–Crippen LogP) is 4.53. The molecule has 9 nitrogen and oxygen atoms in total. The third kappa shape index (κ3) is 5.63. The Morgan fingerprint density at radius 2 is 1.80 bits per heavy atom. The summed E-state index contributed by atoms with van der Waals surface area (Å²) in [6, 6.07) is 4.34. The van der Waals surface area contributed by atoms with Crippen molar-refractivity contribution in [1.29, 1.82) is 0 Å². The van der Waals surface area contributed by atoms with Gasteiger partial charge >= 0.3 is 12.1 Å². The number of aryl methyl sites for hydroxylation is 1. The second kappa shape index (κ2) is 10.6. The quantitative estimate of drug-likeness (QED) is 0.295. The number of thiazole rings is 1. The Balaban J connectivity index is 1.16. The van der Waals surface area contributed by atoms with Gasteiger partial charge in [-0.05, 0) is 24.6 Å². The highest BCUT2D eigenvalue weighted by Gasteiger charge is 2.57. The molecule has 2 aromatic heterocycles. The summed E-state index contributed by atoms with van der Waals surface area (Å²) < 4.78 is 38.2. The second-order valence-electron chi connectivity index (χ2n) is 9.71. The van der Waals surface area contributed by atoms with Crippen molar-refractivity contribution in [3.8, 4) is 0 Å². The Bertz CT molecular complexity index is 1480. The van der Waals surface area contributed by atoms with Gasteiger partial charge < -0.3 is 25.6 Å². The zero-order chi connectivity index (χ0) is 28.9. The molecule has 1 aliphatic carbocycles. The smallest absolute Gasteiger partial charge is 0.416 e. The van der Waals surface area contributed by atoms with E-state index in [1.54, 1.807) is 6.92 Å². The van der Waals surface area contributed by atoms with Gasteiger partial charge in [0.2, 0.25) is 5.91 Å². The fourth-order valence-corrected chi connectivity index (χ4v) is 6.19. The SMILES string of the molecule is Cc1[nH]c(C(=O)N[C@H]2[C@@H]3CN(c4nc(CC(=O)NCc5ccc(C(F)(F)F)cc5)c(C(=O)O)s4)C[C@@H]32)c(Cl)c1Cl. The summed E-state index contributed by atoms with van der Waals surface area (Å²) >= 11 is 13.2. The van der Waals surface area contributed by atoms with Crippen LogP contribution in [0.3, 0.4) is 0 Å². The van der Waals surface area contributed by atoms with Gasteiger partial charge in [0, 0.05) is 43.2 Å². The van der Waals surface area contributed by atoms with E-state index in [2.05, 4.69) is 20.6 Å². The fourth-order valence-electron chi connectivity index (χ4n) is 4.84. The maximum atomic E-state index is 12.7. The molecule has 40 heavy (non-hydrogen) atoms. The van der Waals surface area contributed by atoms with E-state index >= 15 is 0 Å². The normalized spacial score (nSPS) is 19.9. The number of nitrogens with zero attached hydrogens (tertiary/aromatic N) is 2.